The lowest BCUT2D eigenvalue weighted by molar-refractivity contribution is 0.308. The first-order valence-electron chi connectivity index (χ1n) is 5.16. The first kappa shape index (κ1) is 9.31. The lowest BCUT2D eigenvalue weighted by Crippen LogP contribution is -2.10. The second-order valence-electron chi connectivity index (χ2n) is 3.73. The molecular formula is C11H16N2O. The minimum absolute atomic E-state index is 0.270. The van der Waals surface area contributed by atoms with E-state index in [-0.39, 0.29) is 6.04 Å². The van der Waals surface area contributed by atoms with Crippen LogP contribution < -0.4 is 5.73 Å². The van der Waals surface area contributed by atoms with Crippen LogP contribution in [0.1, 0.15) is 25.7 Å². The third-order valence-corrected chi connectivity index (χ3v) is 2.57. The van der Waals surface area contributed by atoms with Crippen molar-refractivity contribution < 1.29 is 4.74 Å². The Kier molecular flexibility index (Phi) is 2.87. The molecule has 0 aromatic rings. The lowest BCUT2D eigenvalue weighted by atomic mass is 10.0. The van der Waals surface area contributed by atoms with Crippen molar-refractivity contribution in [1.29, 1.82) is 0 Å². The lowest BCUT2D eigenvalue weighted by Gasteiger charge is -2.08. The summed E-state index contributed by atoms with van der Waals surface area (Å²) >= 11 is 0. The van der Waals surface area contributed by atoms with Gasteiger partial charge in [-0.1, -0.05) is 23.8 Å². The number of aliphatic imine (C=N–C) groups is 1. The Morgan fingerprint density at radius 2 is 2.43 bits per heavy atom. The standard InChI is InChI=1S/C11H16N2O/c12-11-13-10(8-14-11)7-6-9-4-2-1-3-5-9/h2,4-5,10H,1,3,6-8H2,(H2,12,13)/t10-/m0/s1. The maximum atomic E-state index is 5.43. The van der Waals surface area contributed by atoms with Crippen molar-refractivity contribution in [2.75, 3.05) is 6.61 Å². The van der Waals surface area contributed by atoms with Crippen molar-refractivity contribution >= 4 is 6.02 Å². The molecule has 1 aliphatic heterocycles. The maximum Gasteiger partial charge on any atom is 0.282 e. The van der Waals surface area contributed by atoms with Gasteiger partial charge in [0.1, 0.15) is 6.61 Å². The van der Waals surface area contributed by atoms with E-state index in [4.69, 9.17) is 10.5 Å². The van der Waals surface area contributed by atoms with Gasteiger partial charge in [0.05, 0.1) is 6.04 Å². The fourth-order valence-corrected chi connectivity index (χ4v) is 1.77. The summed E-state index contributed by atoms with van der Waals surface area (Å²) in [6.07, 6.45) is 11.2. The average Bonchev–Trinajstić information content (AvgIpc) is 2.63. The predicted octanol–water partition coefficient (Wildman–Crippen LogP) is 1.76. The molecule has 1 aliphatic carbocycles. The van der Waals surface area contributed by atoms with Crippen LogP contribution in [0, 0.1) is 0 Å². The molecule has 2 N–H and O–H groups in total. The van der Waals surface area contributed by atoms with Crippen LogP contribution in [-0.2, 0) is 4.74 Å². The van der Waals surface area contributed by atoms with Crippen LogP contribution in [0.3, 0.4) is 0 Å². The zero-order valence-corrected chi connectivity index (χ0v) is 8.28. The number of allylic oxidation sites excluding steroid dienone is 4. The van der Waals surface area contributed by atoms with Gasteiger partial charge in [0.25, 0.3) is 6.02 Å². The summed E-state index contributed by atoms with van der Waals surface area (Å²) in [6, 6.07) is 0.620. The van der Waals surface area contributed by atoms with Gasteiger partial charge in [0, 0.05) is 0 Å². The van der Waals surface area contributed by atoms with Crippen LogP contribution in [0.4, 0.5) is 0 Å². The normalized spacial score (nSPS) is 25.6. The summed E-state index contributed by atoms with van der Waals surface area (Å²) in [5.41, 5.74) is 6.86. The van der Waals surface area contributed by atoms with Gasteiger partial charge in [-0.2, -0.15) is 0 Å². The van der Waals surface area contributed by atoms with Crippen LogP contribution in [0.2, 0.25) is 0 Å². The Bertz CT molecular complexity index is 292. The van der Waals surface area contributed by atoms with Gasteiger partial charge in [0.15, 0.2) is 0 Å². The highest BCUT2D eigenvalue weighted by atomic mass is 16.5. The number of nitrogens with zero attached hydrogens (tertiary/aromatic N) is 1. The average molecular weight is 192 g/mol. The highest BCUT2D eigenvalue weighted by molar-refractivity contribution is 5.72. The second kappa shape index (κ2) is 4.31. The van der Waals surface area contributed by atoms with Crippen LogP contribution in [0.15, 0.2) is 28.8 Å². The van der Waals surface area contributed by atoms with Gasteiger partial charge in [0.2, 0.25) is 0 Å². The molecule has 76 valence electrons. The number of nitrogens with two attached hydrogens (primary N) is 1. The van der Waals surface area contributed by atoms with E-state index in [1.165, 1.54) is 18.4 Å². The maximum absolute atomic E-state index is 5.43. The highest BCUT2D eigenvalue weighted by Crippen LogP contribution is 2.18. The molecule has 0 spiro atoms. The van der Waals surface area contributed by atoms with Crippen LogP contribution >= 0.6 is 0 Å². The fraction of sp³-hybridized carbons (Fsp3) is 0.545. The van der Waals surface area contributed by atoms with E-state index >= 15 is 0 Å². The summed E-state index contributed by atoms with van der Waals surface area (Å²) < 4.78 is 5.10. The Morgan fingerprint density at radius 3 is 3.07 bits per heavy atom. The Morgan fingerprint density at radius 1 is 1.50 bits per heavy atom. The van der Waals surface area contributed by atoms with E-state index in [0.29, 0.717) is 12.6 Å². The smallest absolute Gasteiger partial charge is 0.282 e. The Hall–Kier alpha value is -1.25. The van der Waals surface area contributed by atoms with Gasteiger partial charge in [-0.15, -0.1) is 0 Å². The molecule has 3 nitrogen and oxygen atoms in total. The minimum Gasteiger partial charge on any atom is -0.463 e. The summed E-state index contributed by atoms with van der Waals surface area (Å²) in [5.74, 6) is 0. The first-order chi connectivity index (χ1) is 6.84. The van der Waals surface area contributed by atoms with Gasteiger partial charge in [-0.3, -0.25) is 0 Å². The van der Waals surface area contributed by atoms with Crippen molar-refractivity contribution in [3.63, 3.8) is 0 Å². The topological polar surface area (TPSA) is 47.6 Å². The monoisotopic (exact) mass is 192 g/mol. The van der Waals surface area contributed by atoms with Crippen LogP contribution in [-0.4, -0.2) is 18.7 Å². The molecule has 3 heteroatoms. The number of hydrogen-bond donors (Lipinski definition) is 1. The van der Waals surface area contributed by atoms with E-state index in [9.17, 15) is 0 Å². The molecule has 0 radical (unpaired) electrons. The molecule has 0 aromatic carbocycles. The molecule has 14 heavy (non-hydrogen) atoms. The van der Waals surface area contributed by atoms with E-state index in [2.05, 4.69) is 23.2 Å². The van der Waals surface area contributed by atoms with Crippen molar-refractivity contribution in [1.82, 2.24) is 0 Å². The van der Waals surface area contributed by atoms with Crippen molar-refractivity contribution in [3.8, 4) is 0 Å². The van der Waals surface area contributed by atoms with E-state index in [0.717, 1.165) is 12.8 Å². The Labute approximate surface area is 84.3 Å². The third-order valence-electron chi connectivity index (χ3n) is 2.57. The molecule has 0 bridgehead atoms. The molecule has 0 unspecified atom stereocenters. The molecule has 0 saturated heterocycles. The molecule has 2 aliphatic rings. The highest BCUT2D eigenvalue weighted by Gasteiger charge is 2.16. The molecular weight excluding hydrogens is 176 g/mol. The van der Waals surface area contributed by atoms with Gasteiger partial charge in [-0.25, -0.2) is 4.99 Å². The molecule has 1 heterocycles. The largest absolute Gasteiger partial charge is 0.463 e. The van der Waals surface area contributed by atoms with Gasteiger partial charge >= 0.3 is 0 Å². The second-order valence-corrected chi connectivity index (χ2v) is 3.73. The summed E-state index contributed by atoms with van der Waals surface area (Å²) in [6.45, 7) is 0.656. The molecule has 0 amide bonds. The van der Waals surface area contributed by atoms with Crippen molar-refractivity contribution in [3.05, 3.63) is 23.8 Å². The number of amidine groups is 1. The molecule has 0 aromatic heterocycles. The molecule has 2 rings (SSSR count). The molecule has 0 fully saturated rings. The van der Waals surface area contributed by atoms with Gasteiger partial charge in [-0.05, 0) is 25.7 Å². The summed E-state index contributed by atoms with van der Waals surface area (Å²) in [5, 5.41) is 0. The zero-order chi connectivity index (χ0) is 9.80. The first-order valence-corrected chi connectivity index (χ1v) is 5.16. The fourth-order valence-electron chi connectivity index (χ4n) is 1.77. The van der Waals surface area contributed by atoms with Crippen LogP contribution in [0.25, 0.3) is 0 Å². The SMILES string of the molecule is NC1=N[C@@H](CCC2=CCCC=C2)CO1. The molecule has 1 atom stereocenters. The van der Waals surface area contributed by atoms with Crippen molar-refractivity contribution in [2.24, 2.45) is 10.7 Å². The zero-order valence-electron chi connectivity index (χ0n) is 8.28. The third kappa shape index (κ3) is 2.37. The summed E-state index contributed by atoms with van der Waals surface area (Å²) in [4.78, 5) is 4.19. The van der Waals surface area contributed by atoms with Crippen LogP contribution in [0.5, 0.6) is 0 Å². The van der Waals surface area contributed by atoms with E-state index in [1.807, 2.05) is 0 Å². The summed E-state index contributed by atoms with van der Waals surface area (Å²) in [7, 11) is 0. The van der Waals surface area contributed by atoms with Gasteiger partial charge < -0.3 is 10.5 Å². The quantitative estimate of drug-likeness (QED) is 0.740. The van der Waals surface area contributed by atoms with E-state index < -0.39 is 0 Å². The minimum atomic E-state index is 0.270. The predicted molar refractivity (Wildman–Crippen MR) is 57.1 cm³/mol. The van der Waals surface area contributed by atoms with E-state index in [1.54, 1.807) is 0 Å². The number of rotatable bonds is 3. The van der Waals surface area contributed by atoms with Crippen molar-refractivity contribution in [2.45, 2.75) is 31.7 Å². The number of hydrogen-bond acceptors (Lipinski definition) is 3. The Balaban J connectivity index is 1.77. The number of ether oxygens (including phenoxy) is 1. The molecule has 0 saturated carbocycles.